The van der Waals surface area contributed by atoms with E-state index in [-0.39, 0.29) is 0 Å². The fourth-order valence-corrected chi connectivity index (χ4v) is 3.09. The quantitative estimate of drug-likeness (QED) is 0.466. The first-order valence-electron chi connectivity index (χ1n) is 8.98. The molecular weight excluding hydrogens is 288 g/mol. The van der Waals surface area contributed by atoms with E-state index in [2.05, 4.69) is 26.0 Å². The molecular formula is C20H34O3. The first kappa shape index (κ1) is 19.7. The first-order chi connectivity index (χ1) is 11.2. The molecule has 1 aromatic rings. The second-order valence-electron chi connectivity index (χ2n) is 6.17. The van der Waals surface area contributed by atoms with Crippen molar-refractivity contribution < 1.29 is 14.2 Å². The third-order valence-corrected chi connectivity index (χ3v) is 4.71. The van der Waals surface area contributed by atoms with Crippen LogP contribution in [0.4, 0.5) is 0 Å². The maximum atomic E-state index is 5.41. The lowest BCUT2D eigenvalue weighted by Gasteiger charge is -2.14. The number of unbranched alkanes of at least 4 members (excludes halogenated alkanes) is 3. The highest BCUT2D eigenvalue weighted by molar-refractivity contribution is 5.53. The van der Waals surface area contributed by atoms with Gasteiger partial charge in [-0.2, -0.15) is 0 Å². The number of hydrogen-bond donors (Lipinski definition) is 0. The van der Waals surface area contributed by atoms with Gasteiger partial charge in [0.05, 0.1) is 21.3 Å². The molecule has 0 heterocycles. The topological polar surface area (TPSA) is 27.7 Å². The van der Waals surface area contributed by atoms with Crippen molar-refractivity contribution in [1.29, 1.82) is 0 Å². The van der Waals surface area contributed by atoms with Crippen LogP contribution in [0.1, 0.15) is 64.4 Å². The third kappa shape index (κ3) is 6.32. The van der Waals surface area contributed by atoms with Gasteiger partial charge in [-0.05, 0) is 36.5 Å². The molecule has 132 valence electrons. The lowest BCUT2D eigenvalue weighted by molar-refractivity contribution is 0.323. The highest BCUT2D eigenvalue weighted by atomic mass is 16.5. The normalized spacial score (nSPS) is 10.9. The predicted molar refractivity (Wildman–Crippen MR) is 97.0 cm³/mol. The summed E-state index contributed by atoms with van der Waals surface area (Å²) in [6.45, 7) is 4.61. The van der Waals surface area contributed by atoms with Crippen molar-refractivity contribution in [2.75, 3.05) is 21.3 Å². The van der Waals surface area contributed by atoms with Crippen molar-refractivity contribution in [3.63, 3.8) is 0 Å². The van der Waals surface area contributed by atoms with E-state index in [0.29, 0.717) is 5.75 Å². The van der Waals surface area contributed by atoms with Gasteiger partial charge in [-0.25, -0.2) is 0 Å². The Labute approximate surface area is 142 Å². The van der Waals surface area contributed by atoms with Crippen molar-refractivity contribution in [2.24, 2.45) is 5.92 Å². The molecule has 0 amide bonds. The highest BCUT2D eigenvalue weighted by Crippen LogP contribution is 2.38. The minimum Gasteiger partial charge on any atom is -0.493 e. The zero-order valence-corrected chi connectivity index (χ0v) is 15.6. The van der Waals surface area contributed by atoms with Crippen LogP contribution in [-0.2, 0) is 6.42 Å². The smallest absolute Gasteiger partial charge is 0.203 e. The number of hydrogen-bond acceptors (Lipinski definition) is 3. The minimum absolute atomic E-state index is 0.670. The summed E-state index contributed by atoms with van der Waals surface area (Å²) in [5, 5.41) is 0. The number of ether oxygens (including phenoxy) is 3. The van der Waals surface area contributed by atoms with Crippen LogP contribution in [0.25, 0.3) is 0 Å². The zero-order valence-electron chi connectivity index (χ0n) is 15.6. The van der Waals surface area contributed by atoms with E-state index in [9.17, 15) is 0 Å². The lowest BCUT2D eigenvalue weighted by atomic mass is 9.95. The first-order valence-corrected chi connectivity index (χ1v) is 8.98. The Morgan fingerprint density at radius 3 is 1.83 bits per heavy atom. The summed E-state index contributed by atoms with van der Waals surface area (Å²) in [5.74, 6) is 3.08. The van der Waals surface area contributed by atoms with Gasteiger partial charge in [0.25, 0.3) is 0 Å². The molecule has 0 fully saturated rings. The molecule has 0 bridgehead atoms. The molecule has 0 aliphatic rings. The summed E-state index contributed by atoms with van der Waals surface area (Å²) in [4.78, 5) is 0. The van der Waals surface area contributed by atoms with Gasteiger partial charge in [0.15, 0.2) is 11.5 Å². The zero-order chi connectivity index (χ0) is 17.1. The molecule has 0 saturated heterocycles. The Morgan fingerprint density at radius 1 is 0.783 bits per heavy atom. The van der Waals surface area contributed by atoms with Gasteiger partial charge in [0.1, 0.15) is 0 Å². The van der Waals surface area contributed by atoms with E-state index in [1.165, 1.54) is 50.5 Å². The molecule has 0 aromatic heterocycles. The molecule has 0 aliphatic carbocycles. The van der Waals surface area contributed by atoms with Crippen LogP contribution in [0.3, 0.4) is 0 Å². The van der Waals surface area contributed by atoms with Crippen LogP contribution in [0, 0.1) is 5.92 Å². The van der Waals surface area contributed by atoms with E-state index < -0.39 is 0 Å². The van der Waals surface area contributed by atoms with E-state index in [1.807, 2.05) is 0 Å². The molecule has 1 aromatic carbocycles. The summed E-state index contributed by atoms with van der Waals surface area (Å²) >= 11 is 0. The van der Waals surface area contributed by atoms with Gasteiger partial charge in [-0.15, -0.1) is 0 Å². The average Bonchev–Trinajstić information content (AvgIpc) is 2.60. The second kappa shape index (κ2) is 11.2. The molecule has 1 rings (SSSR count). The summed E-state index contributed by atoms with van der Waals surface area (Å²) in [7, 11) is 4.97. The van der Waals surface area contributed by atoms with Crippen molar-refractivity contribution in [2.45, 2.75) is 65.2 Å². The molecule has 0 spiro atoms. The Bertz CT molecular complexity index is 414. The fraction of sp³-hybridized carbons (Fsp3) is 0.700. The summed E-state index contributed by atoms with van der Waals surface area (Å²) in [5.41, 5.74) is 1.25. The fourth-order valence-electron chi connectivity index (χ4n) is 3.09. The van der Waals surface area contributed by atoms with Gasteiger partial charge in [-0.3, -0.25) is 0 Å². The van der Waals surface area contributed by atoms with Gasteiger partial charge in [-0.1, -0.05) is 52.4 Å². The number of methoxy groups -OCH3 is 3. The molecule has 0 saturated carbocycles. The third-order valence-electron chi connectivity index (χ3n) is 4.71. The van der Waals surface area contributed by atoms with Crippen LogP contribution >= 0.6 is 0 Å². The van der Waals surface area contributed by atoms with Crippen molar-refractivity contribution in [3.8, 4) is 17.2 Å². The Morgan fingerprint density at radius 2 is 1.35 bits per heavy atom. The average molecular weight is 322 g/mol. The van der Waals surface area contributed by atoms with Crippen molar-refractivity contribution >= 4 is 0 Å². The Hall–Kier alpha value is -1.38. The second-order valence-corrected chi connectivity index (χ2v) is 6.17. The van der Waals surface area contributed by atoms with Gasteiger partial charge in [0.2, 0.25) is 5.75 Å². The standard InChI is InChI=1S/C20H34O3/c1-6-16(7-2)12-10-8-9-11-13-17-14-18(21-3)20(23-5)19(15-17)22-4/h14-16H,6-13H2,1-5H3. The number of rotatable bonds is 12. The summed E-state index contributed by atoms with van der Waals surface area (Å²) < 4.78 is 16.2. The molecule has 0 atom stereocenters. The Balaban J connectivity index is 2.43. The van der Waals surface area contributed by atoms with Gasteiger partial charge >= 0.3 is 0 Å². The maximum Gasteiger partial charge on any atom is 0.203 e. The monoisotopic (exact) mass is 322 g/mol. The number of benzene rings is 1. The predicted octanol–water partition coefficient (Wildman–Crippen LogP) is 5.64. The maximum absolute atomic E-state index is 5.41. The molecule has 23 heavy (non-hydrogen) atoms. The van der Waals surface area contributed by atoms with Crippen LogP contribution in [-0.4, -0.2) is 21.3 Å². The number of aryl methyl sites for hydroxylation is 1. The van der Waals surface area contributed by atoms with Crippen molar-refractivity contribution in [3.05, 3.63) is 17.7 Å². The lowest BCUT2D eigenvalue weighted by Crippen LogP contribution is -1.98. The molecule has 0 aliphatic heterocycles. The van der Waals surface area contributed by atoms with Gasteiger partial charge in [0, 0.05) is 0 Å². The van der Waals surface area contributed by atoms with E-state index in [0.717, 1.165) is 23.8 Å². The molecule has 0 radical (unpaired) electrons. The van der Waals surface area contributed by atoms with Crippen LogP contribution in [0.5, 0.6) is 17.2 Å². The van der Waals surface area contributed by atoms with E-state index in [4.69, 9.17) is 14.2 Å². The molecule has 0 unspecified atom stereocenters. The largest absolute Gasteiger partial charge is 0.493 e. The molecule has 3 nitrogen and oxygen atoms in total. The Kier molecular flexibility index (Phi) is 9.58. The van der Waals surface area contributed by atoms with Crippen molar-refractivity contribution in [1.82, 2.24) is 0 Å². The van der Waals surface area contributed by atoms with Crippen LogP contribution < -0.4 is 14.2 Å². The molecule has 0 N–H and O–H groups in total. The minimum atomic E-state index is 0.670. The molecule has 3 heteroatoms. The van der Waals surface area contributed by atoms with Gasteiger partial charge < -0.3 is 14.2 Å². The highest BCUT2D eigenvalue weighted by Gasteiger charge is 2.12. The van der Waals surface area contributed by atoms with E-state index >= 15 is 0 Å². The van der Waals surface area contributed by atoms with Crippen LogP contribution in [0.2, 0.25) is 0 Å². The van der Waals surface area contributed by atoms with Crippen LogP contribution in [0.15, 0.2) is 12.1 Å². The van der Waals surface area contributed by atoms with E-state index in [1.54, 1.807) is 21.3 Å². The SMILES string of the molecule is CCC(CC)CCCCCCc1cc(OC)c(OC)c(OC)c1. The summed E-state index contributed by atoms with van der Waals surface area (Å²) in [6.07, 6.45) is 10.3. The summed E-state index contributed by atoms with van der Waals surface area (Å²) in [6, 6.07) is 4.12.